The number of aliphatic hydroxyl groups excluding tert-OH is 1. The number of pyridine rings is 1. The lowest BCUT2D eigenvalue weighted by Gasteiger charge is -2.30. The fourth-order valence-corrected chi connectivity index (χ4v) is 4.19. The Bertz CT molecular complexity index is 1160. The Morgan fingerprint density at radius 1 is 1.16 bits per heavy atom. The molecule has 1 aliphatic rings. The third-order valence-electron chi connectivity index (χ3n) is 5.94. The lowest BCUT2D eigenvalue weighted by molar-refractivity contribution is 0.0585. The second-order valence-corrected chi connectivity index (χ2v) is 8.20. The second-order valence-electron chi connectivity index (χ2n) is 8.20. The fourth-order valence-electron chi connectivity index (χ4n) is 4.19. The first-order chi connectivity index (χ1) is 15.0. The van der Waals surface area contributed by atoms with Crippen LogP contribution in [-0.4, -0.2) is 46.9 Å². The summed E-state index contributed by atoms with van der Waals surface area (Å²) in [6.45, 7) is 2.36. The van der Waals surface area contributed by atoms with E-state index in [9.17, 15) is 9.90 Å². The highest BCUT2D eigenvalue weighted by molar-refractivity contribution is 5.99. The van der Waals surface area contributed by atoms with E-state index < -0.39 is 6.10 Å². The summed E-state index contributed by atoms with van der Waals surface area (Å²) in [4.78, 5) is 14.1. The predicted molar refractivity (Wildman–Crippen MR) is 121 cm³/mol. The van der Waals surface area contributed by atoms with Crippen molar-refractivity contribution in [1.82, 2.24) is 9.47 Å². The van der Waals surface area contributed by atoms with E-state index >= 15 is 0 Å². The fraction of sp³-hybridized carbons (Fsp3) is 0.360. The van der Waals surface area contributed by atoms with Gasteiger partial charge in [-0.1, -0.05) is 30.3 Å². The number of ether oxygens (including phenoxy) is 1. The largest absolute Gasteiger partial charge is 0.490 e. The number of piperidine rings is 1. The maximum atomic E-state index is 11.9. The Morgan fingerprint density at radius 2 is 1.94 bits per heavy atom. The molecular weight excluding hydrogens is 390 g/mol. The molecule has 0 aliphatic carbocycles. The smallest absolute Gasteiger partial charge is 0.250 e. The first kappa shape index (κ1) is 21.1. The highest BCUT2D eigenvalue weighted by atomic mass is 16.5. The summed E-state index contributed by atoms with van der Waals surface area (Å²) in [5, 5.41) is 21.7. The maximum Gasteiger partial charge on any atom is 0.250 e. The van der Waals surface area contributed by atoms with Crippen molar-refractivity contribution in [2.24, 2.45) is 13.0 Å². The molecule has 1 aromatic heterocycles. The number of aliphatic hydroxyl groups is 1. The minimum absolute atomic E-state index is 0.0676. The van der Waals surface area contributed by atoms with E-state index in [1.807, 2.05) is 48.7 Å². The van der Waals surface area contributed by atoms with Crippen LogP contribution in [0.5, 0.6) is 5.75 Å². The number of benzene rings is 2. The highest BCUT2D eigenvalue weighted by Gasteiger charge is 2.21. The molecule has 1 aliphatic heterocycles. The molecule has 0 amide bonds. The molecule has 3 aromatic rings. The number of hydrogen-bond acceptors (Lipinski definition) is 5. The van der Waals surface area contributed by atoms with Crippen molar-refractivity contribution in [3.63, 3.8) is 0 Å². The Balaban J connectivity index is 1.54. The number of nitrogens with zero attached hydrogens (tertiary/aromatic N) is 3. The number of hydrogen-bond donors (Lipinski definition) is 1. The van der Waals surface area contributed by atoms with Crippen molar-refractivity contribution >= 4 is 10.8 Å². The molecule has 160 valence electrons. The molecule has 1 N–H and O–H groups in total. The molecule has 1 atom stereocenters. The molecule has 6 nitrogen and oxygen atoms in total. The van der Waals surface area contributed by atoms with Crippen LogP contribution in [0.15, 0.2) is 59.5 Å². The second kappa shape index (κ2) is 9.34. The normalized spacial score (nSPS) is 16.2. The standard InChI is InChI=1S/C25H27N3O3/c1-27-15-20(7-9-24(27)30)25-22-5-3-2-4-19(22)6-8-23(25)31-17-21(29)16-28-12-10-18(14-26)11-13-28/h2-9,15,18,21,29H,10-13,16-17H2,1H3. The van der Waals surface area contributed by atoms with Gasteiger partial charge >= 0.3 is 0 Å². The lowest BCUT2D eigenvalue weighted by atomic mass is 9.98. The number of fused-ring (bicyclic) bond motifs is 1. The zero-order chi connectivity index (χ0) is 21.8. The Hall–Kier alpha value is -3.14. The van der Waals surface area contributed by atoms with Crippen molar-refractivity contribution in [2.75, 3.05) is 26.2 Å². The summed E-state index contributed by atoms with van der Waals surface area (Å²) >= 11 is 0. The van der Waals surface area contributed by atoms with E-state index in [1.165, 1.54) is 0 Å². The molecule has 0 bridgehead atoms. The molecular formula is C25H27N3O3. The summed E-state index contributed by atoms with van der Waals surface area (Å²) in [5.41, 5.74) is 1.74. The van der Waals surface area contributed by atoms with Gasteiger partial charge in [-0.15, -0.1) is 0 Å². The van der Waals surface area contributed by atoms with Crippen molar-refractivity contribution in [1.29, 1.82) is 5.26 Å². The van der Waals surface area contributed by atoms with Crippen LogP contribution in [0.4, 0.5) is 0 Å². The van der Waals surface area contributed by atoms with E-state index in [1.54, 1.807) is 17.7 Å². The Labute approximate surface area is 181 Å². The zero-order valence-electron chi connectivity index (χ0n) is 17.7. The molecule has 1 fully saturated rings. The van der Waals surface area contributed by atoms with Crippen LogP contribution in [0.3, 0.4) is 0 Å². The van der Waals surface area contributed by atoms with Gasteiger partial charge in [0, 0.05) is 42.9 Å². The van der Waals surface area contributed by atoms with Gasteiger partial charge in [0.15, 0.2) is 0 Å². The first-order valence-electron chi connectivity index (χ1n) is 10.7. The average Bonchev–Trinajstić information content (AvgIpc) is 2.79. The summed E-state index contributed by atoms with van der Waals surface area (Å²) in [6, 6.07) is 17.7. The maximum absolute atomic E-state index is 11.9. The van der Waals surface area contributed by atoms with Crippen LogP contribution in [0.1, 0.15) is 12.8 Å². The molecule has 1 saturated heterocycles. The Kier molecular flexibility index (Phi) is 6.36. The van der Waals surface area contributed by atoms with Crippen molar-refractivity contribution in [2.45, 2.75) is 18.9 Å². The van der Waals surface area contributed by atoms with Gasteiger partial charge in [-0.2, -0.15) is 5.26 Å². The van der Waals surface area contributed by atoms with Gasteiger partial charge in [0.2, 0.25) is 5.56 Å². The number of rotatable bonds is 6. The van der Waals surface area contributed by atoms with E-state index in [2.05, 4.69) is 11.0 Å². The minimum atomic E-state index is -0.627. The molecule has 6 heteroatoms. The van der Waals surface area contributed by atoms with E-state index in [0.29, 0.717) is 12.3 Å². The summed E-state index contributed by atoms with van der Waals surface area (Å²) in [6.07, 6.45) is 2.89. The summed E-state index contributed by atoms with van der Waals surface area (Å²) in [7, 11) is 1.73. The number of aryl methyl sites for hydroxylation is 1. The van der Waals surface area contributed by atoms with Crippen molar-refractivity contribution in [3.05, 3.63) is 65.1 Å². The molecule has 2 heterocycles. The Morgan fingerprint density at radius 3 is 2.68 bits per heavy atom. The van der Waals surface area contributed by atoms with Crippen molar-refractivity contribution in [3.8, 4) is 22.9 Å². The lowest BCUT2D eigenvalue weighted by Crippen LogP contribution is -2.40. The van der Waals surface area contributed by atoms with Gasteiger partial charge in [-0.05, 0) is 48.8 Å². The monoisotopic (exact) mass is 417 g/mol. The molecule has 31 heavy (non-hydrogen) atoms. The van der Waals surface area contributed by atoms with Crippen LogP contribution in [0.25, 0.3) is 21.9 Å². The van der Waals surface area contributed by atoms with Gasteiger partial charge < -0.3 is 19.3 Å². The topological polar surface area (TPSA) is 78.5 Å². The van der Waals surface area contributed by atoms with Crippen LogP contribution in [0, 0.1) is 17.2 Å². The molecule has 0 radical (unpaired) electrons. The number of aromatic nitrogens is 1. The van der Waals surface area contributed by atoms with Gasteiger partial charge in [0.05, 0.1) is 6.07 Å². The van der Waals surface area contributed by atoms with E-state index in [-0.39, 0.29) is 18.1 Å². The van der Waals surface area contributed by atoms with Gasteiger partial charge in [0.25, 0.3) is 0 Å². The first-order valence-corrected chi connectivity index (χ1v) is 10.7. The van der Waals surface area contributed by atoms with Crippen LogP contribution >= 0.6 is 0 Å². The third kappa shape index (κ3) is 4.79. The number of β-amino-alcohol motifs (C(OH)–C–C–N with tert-alkyl or cyclic N) is 1. The highest BCUT2D eigenvalue weighted by Crippen LogP contribution is 2.36. The zero-order valence-corrected chi connectivity index (χ0v) is 17.7. The van der Waals surface area contributed by atoms with E-state index in [4.69, 9.17) is 10.00 Å². The molecule has 1 unspecified atom stereocenters. The number of likely N-dealkylation sites (tertiary alicyclic amines) is 1. The molecule has 4 rings (SSSR count). The quantitative estimate of drug-likeness (QED) is 0.666. The summed E-state index contributed by atoms with van der Waals surface area (Å²) in [5.74, 6) is 0.811. The molecule has 0 spiro atoms. The summed E-state index contributed by atoms with van der Waals surface area (Å²) < 4.78 is 7.66. The molecule has 0 saturated carbocycles. The predicted octanol–water partition coefficient (Wildman–Crippen LogP) is 3.18. The third-order valence-corrected chi connectivity index (χ3v) is 5.94. The SMILES string of the molecule is Cn1cc(-c2c(OCC(O)CN3CCC(C#N)CC3)ccc3ccccc23)ccc1=O. The van der Waals surface area contributed by atoms with Gasteiger partial charge in [-0.3, -0.25) is 4.79 Å². The van der Waals surface area contributed by atoms with Gasteiger partial charge in [-0.25, -0.2) is 0 Å². The van der Waals surface area contributed by atoms with E-state index in [0.717, 1.165) is 47.8 Å². The minimum Gasteiger partial charge on any atom is -0.490 e. The van der Waals surface area contributed by atoms with Gasteiger partial charge in [0.1, 0.15) is 18.5 Å². The number of nitriles is 1. The average molecular weight is 418 g/mol. The van der Waals surface area contributed by atoms with Crippen LogP contribution < -0.4 is 10.3 Å². The van der Waals surface area contributed by atoms with Crippen LogP contribution in [0.2, 0.25) is 0 Å². The van der Waals surface area contributed by atoms with Crippen LogP contribution in [-0.2, 0) is 7.05 Å². The van der Waals surface area contributed by atoms with Crippen molar-refractivity contribution < 1.29 is 9.84 Å². The molecule has 2 aromatic carbocycles.